The van der Waals surface area contributed by atoms with Crippen LogP contribution in [0.25, 0.3) is 0 Å². The monoisotopic (exact) mass is 318 g/mol. The van der Waals surface area contributed by atoms with Crippen molar-refractivity contribution in [1.82, 2.24) is 24.7 Å². The van der Waals surface area contributed by atoms with Crippen LogP contribution in [0.15, 0.2) is 12.4 Å². The van der Waals surface area contributed by atoms with Crippen LogP contribution in [0.2, 0.25) is 0 Å². The summed E-state index contributed by atoms with van der Waals surface area (Å²) < 4.78 is 0. The van der Waals surface area contributed by atoms with E-state index in [1.165, 1.54) is 18.8 Å². The third kappa shape index (κ3) is 3.35. The second-order valence-electron chi connectivity index (χ2n) is 5.90. The number of piperazine rings is 1. The van der Waals surface area contributed by atoms with Crippen molar-refractivity contribution < 1.29 is 9.59 Å². The van der Waals surface area contributed by atoms with Crippen LogP contribution >= 0.6 is 0 Å². The van der Waals surface area contributed by atoms with Crippen LogP contribution in [0, 0.1) is 0 Å². The summed E-state index contributed by atoms with van der Waals surface area (Å²) in [6.45, 7) is 3.76. The average Bonchev–Trinajstić information content (AvgIpc) is 2.62. The summed E-state index contributed by atoms with van der Waals surface area (Å²) in [5.41, 5.74) is 5.89. The fourth-order valence-corrected chi connectivity index (χ4v) is 3.05. The molecule has 2 aliphatic heterocycles. The SMILES string of the molecule is Nc1nccnc1C(=O)N1CCN(C(=O)N2CCCCC2)CC1. The van der Waals surface area contributed by atoms with Crippen LogP contribution in [-0.4, -0.2) is 75.9 Å². The van der Waals surface area contributed by atoms with Crippen molar-refractivity contribution in [2.45, 2.75) is 19.3 Å². The second kappa shape index (κ2) is 6.80. The van der Waals surface area contributed by atoms with Crippen LogP contribution in [0.1, 0.15) is 29.8 Å². The second-order valence-corrected chi connectivity index (χ2v) is 5.90. The van der Waals surface area contributed by atoms with Gasteiger partial charge in [-0.2, -0.15) is 0 Å². The minimum atomic E-state index is -0.222. The van der Waals surface area contributed by atoms with Crippen LogP contribution < -0.4 is 5.73 Å². The lowest BCUT2D eigenvalue weighted by atomic mass is 10.1. The maximum Gasteiger partial charge on any atom is 0.320 e. The number of nitrogens with zero attached hydrogens (tertiary/aromatic N) is 5. The zero-order valence-corrected chi connectivity index (χ0v) is 13.1. The summed E-state index contributed by atoms with van der Waals surface area (Å²) in [4.78, 5) is 38.2. The van der Waals surface area contributed by atoms with Crippen molar-refractivity contribution in [3.8, 4) is 0 Å². The highest BCUT2D eigenvalue weighted by molar-refractivity contribution is 5.96. The molecule has 0 unspecified atom stereocenters. The molecule has 0 radical (unpaired) electrons. The molecule has 0 saturated carbocycles. The quantitative estimate of drug-likeness (QED) is 0.810. The first-order valence-corrected chi connectivity index (χ1v) is 8.06. The Kier molecular flexibility index (Phi) is 4.59. The van der Waals surface area contributed by atoms with Crippen molar-refractivity contribution in [1.29, 1.82) is 0 Å². The molecule has 0 spiro atoms. The lowest BCUT2D eigenvalue weighted by molar-refractivity contribution is 0.0628. The van der Waals surface area contributed by atoms with Gasteiger partial charge in [0.05, 0.1) is 0 Å². The highest BCUT2D eigenvalue weighted by Crippen LogP contribution is 2.14. The molecular formula is C15H22N6O2. The van der Waals surface area contributed by atoms with Crippen molar-refractivity contribution in [2.24, 2.45) is 0 Å². The first-order valence-electron chi connectivity index (χ1n) is 8.06. The fraction of sp³-hybridized carbons (Fsp3) is 0.600. The number of hydrogen-bond donors (Lipinski definition) is 1. The third-order valence-corrected chi connectivity index (χ3v) is 4.39. The molecule has 0 aromatic carbocycles. The van der Waals surface area contributed by atoms with Gasteiger partial charge in [0.2, 0.25) is 0 Å². The number of rotatable bonds is 1. The normalized spacial score (nSPS) is 18.9. The molecule has 0 aliphatic carbocycles. The Bertz CT molecular complexity index is 579. The van der Waals surface area contributed by atoms with Crippen LogP contribution in [0.4, 0.5) is 10.6 Å². The van der Waals surface area contributed by atoms with E-state index in [0.29, 0.717) is 26.2 Å². The molecule has 2 aliphatic rings. The summed E-state index contributed by atoms with van der Waals surface area (Å²) in [6.07, 6.45) is 6.28. The van der Waals surface area contributed by atoms with Gasteiger partial charge in [-0.15, -0.1) is 0 Å². The minimum absolute atomic E-state index is 0.0933. The Morgan fingerprint density at radius 1 is 0.826 bits per heavy atom. The topological polar surface area (TPSA) is 95.7 Å². The molecule has 3 rings (SSSR count). The number of nitrogens with two attached hydrogens (primary N) is 1. The van der Waals surface area contributed by atoms with Gasteiger partial charge in [0.15, 0.2) is 11.5 Å². The Labute approximate surface area is 135 Å². The van der Waals surface area contributed by atoms with Gasteiger partial charge >= 0.3 is 6.03 Å². The largest absolute Gasteiger partial charge is 0.382 e. The number of anilines is 1. The van der Waals surface area contributed by atoms with E-state index in [1.54, 1.807) is 4.90 Å². The number of hydrogen-bond acceptors (Lipinski definition) is 5. The smallest absolute Gasteiger partial charge is 0.320 e. The van der Waals surface area contributed by atoms with E-state index in [2.05, 4.69) is 9.97 Å². The van der Waals surface area contributed by atoms with E-state index >= 15 is 0 Å². The lowest BCUT2D eigenvalue weighted by Gasteiger charge is -2.38. The fourth-order valence-electron chi connectivity index (χ4n) is 3.05. The van der Waals surface area contributed by atoms with E-state index in [9.17, 15) is 9.59 Å². The van der Waals surface area contributed by atoms with Crippen molar-refractivity contribution >= 4 is 17.8 Å². The Hall–Kier alpha value is -2.38. The average molecular weight is 318 g/mol. The zero-order chi connectivity index (χ0) is 16.2. The van der Waals surface area contributed by atoms with Crippen LogP contribution in [-0.2, 0) is 0 Å². The number of piperidine rings is 1. The molecule has 8 nitrogen and oxygen atoms in total. The maximum atomic E-state index is 12.5. The molecule has 2 fully saturated rings. The van der Waals surface area contributed by atoms with E-state index in [4.69, 9.17) is 5.73 Å². The molecule has 2 saturated heterocycles. The number of nitrogen functional groups attached to an aromatic ring is 1. The molecule has 1 aromatic heterocycles. The number of likely N-dealkylation sites (tertiary alicyclic amines) is 1. The Balaban J connectivity index is 1.57. The first-order chi connectivity index (χ1) is 11.2. The highest BCUT2D eigenvalue weighted by atomic mass is 16.2. The summed E-state index contributed by atoms with van der Waals surface area (Å²) in [5.74, 6) is -0.0787. The minimum Gasteiger partial charge on any atom is -0.382 e. The number of carbonyl (C=O) groups excluding carboxylic acids is 2. The van der Waals surface area contributed by atoms with Gasteiger partial charge < -0.3 is 20.4 Å². The summed E-state index contributed by atoms with van der Waals surface area (Å²) in [5, 5.41) is 0. The molecule has 0 atom stereocenters. The van der Waals surface area contributed by atoms with Gasteiger partial charge in [-0.05, 0) is 19.3 Å². The van der Waals surface area contributed by atoms with Gasteiger partial charge in [0, 0.05) is 51.7 Å². The van der Waals surface area contributed by atoms with Crippen molar-refractivity contribution in [2.75, 3.05) is 45.0 Å². The van der Waals surface area contributed by atoms with E-state index in [1.807, 2.05) is 9.80 Å². The van der Waals surface area contributed by atoms with E-state index in [-0.39, 0.29) is 23.5 Å². The predicted molar refractivity (Wildman–Crippen MR) is 84.7 cm³/mol. The summed E-state index contributed by atoms with van der Waals surface area (Å²) in [6, 6.07) is 0.0933. The molecule has 1 aromatic rings. The van der Waals surface area contributed by atoms with Crippen LogP contribution in [0.5, 0.6) is 0 Å². The van der Waals surface area contributed by atoms with Crippen LogP contribution in [0.3, 0.4) is 0 Å². The standard InChI is InChI=1S/C15H22N6O2/c16-13-12(17-4-5-18-13)14(22)19-8-10-21(11-9-19)15(23)20-6-2-1-3-7-20/h4-5H,1-3,6-11H2,(H2,16,18). The molecule has 124 valence electrons. The molecule has 2 N–H and O–H groups in total. The number of aromatic nitrogens is 2. The van der Waals surface area contributed by atoms with Gasteiger partial charge in [-0.1, -0.05) is 0 Å². The number of carbonyl (C=O) groups is 2. The van der Waals surface area contributed by atoms with Gasteiger partial charge in [-0.3, -0.25) is 4.79 Å². The third-order valence-electron chi connectivity index (χ3n) is 4.39. The van der Waals surface area contributed by atoms with E-state index < -0.39 is 0 Å². The van der Waals surface area contributed by atoms with Crippen molar-refractivity contribution in [3.05, 3.63) is 18.1 Å². The maximum absolute atomic E-state index is 12.5. The molecular weight excluding hydrogens is 296 g/mol. The van der Waals surface area contributed by atoms with Gasteiger partial charge in [-0.25, -0.2) is 14.8 Å². The van der Waals surface area contributed by atoms with E-state index in [0.717, 1.165) is 25.9 Å². The Morgan fingerprint density at radius 3 is 2.04 bits per heavy atom. The van der Waals surface area contributed by atoms with Gasteiger partial charge in [0.25, 0.3) is 5.91 Å². The first kappa shape index (κ1) is 15.5. The lowest BCUT2D eigenvalue weighted by Crippen LogP contribution is -2.54. The number of amides is 3. The molecule has 3 amide bonds. The zero-order valence-electron chi connectivity index (χ0n) is 13.1. The Morgan fingerprint density at radius 2 is 1.39 bits per heavy atom. The van der Waals surface area contributed by atoms with Gasteiger partial charge in [0.1, 0.15) is 0 Å². The molecule has 23 heavy (non-hydrogen) atoms. The molecule has 8 heteroatoms. The van der Waals surface area contributed by atoms with Crippen molar-refractivity contribution in [3.63, 3.8) is 0 Å². The highest BCUT2D eigenvalue weighted by Gasteiger charge is 2.29. The summed E-state index contributed by atoms with van der Waals surface area (Å²) >= 11 is 0. The molecule has 3 heterocycles. The number of urea groups is 1. The molecule has 0 bridgehead atoms. The predicted octanol–water partition coefficient (Wildman–Crippen LogP) is 0.422. The summed E-state index contributed by atoms with van der Waals surface area (Å²) in [7, 11) is 0.